The Morgan fingerprint density at radius 1 is 0.870 bits per heavy atom. The maximum Gasteiger partial charge on any atom is 0.344 e. The summed E-state index contributed by atoms with van der Waals surface area (Å²) in [5.74, 6) is -8.76. The molecule has 6 N–H and O–H groups in total. The molecule has 2 bridgehead atoms. The molecule has 69 heavy (non-hydrogen) atoms. The summed E-state index contributed by atoms with van der Waals surface area (Å²) in [6.45, 7) is 11.9. The third-order valence-electron chi connectivity index (χ3n) is 14.8. The molecule has 0 radical (unpaired) electrons. The first-order valence-electron chi connectivity index (χ1n) is 25.0. The zero-order valence-corrected chi connectivity index (χ0v) is 42.3. The molecule has 0 aromatic carbocycles. The molecule has 1 amide bonds. The average Bonchev–Trinajstić information content (AvgIpc) is 3.31. The Morgan fingerprint density at radius 2 is 1.59 bits per heavy atom. The van der Waals surface area contributed by atoms with Crippen LogP contribution >= 0.6 is 0 Å². The third kappa shape index (κ3) is 16.1. The molecule has 0 spiro atoms. The van der Waals surface area contributed by atoms with Gasteiger partial charge in [-0.15, -0.1) is 0 Å². The van der Waals surface area contributed by atoms with Crippen molar-refractivity contribution in [1.29, 1.82) is 0 Å². The van der Waals surface area contributed by atoms with Crippen LogP contribution in [0.25, 0.3) is 0 Å². The van der Waals surface area contributed by atoms with Gasteiger partial charge in [-0.2, -0.15) is 0 Å². The first-order valence-corrected chi connectivity index (χ1v) is 25.0. The molecule has 16 atom stereocenters. The van der Waals surface area contributed by atoms with Gasteiger partial charge in [-0.3, -0.25) is 9.59 Å². The number of aliphatic hydroxyl groups excluding tert-OH is 4. The molecule has 1 saturated carbocycles. The number of Topliss-reactive ketones (excluding diaryl/α,β-unsaturated/α-hetero) is 1. The molecular formula is C52H82N2O15. The van der Waals surface area contributed by atoms with Crippen molar-refractivity contribution >= 4 is 29.3 Å². The lowest BCUT2D eigenvalue weighted by atomic mass is 9.78. The van der Waals surface area contributed by atoms with Crippen LogP contribution < -0.4 is 0 Å². The molecule has 3 heterocycles. The third-order valence-corrected chi connectivity index (χ3v) is 14.8. The number of aliphatic carboxylic acids is 1. The molecular weight excluding hydrogens is 893 g/mol. The number of carbonyl (C=O) groups excluding carboxylic acids is 3. The van der Waals surface area contributed by atoms with Gasteiger partial charge < -0.3 is 59.3 Å². The average molecular weight is 975 g/mol. The number of hydrogen-bond donors (Lipinski definition) is 6. The van der Waals surface area contributed by atoms with E-state index in [-0.39, 0.29) is 49.0 Å². The molecule has 2 saturated heterocycles. The molecule has 4 rings (SSSR count). The summed E-state index contributed by atoms with van der Waals surface area (Å²) in [7, 11) is 3.12. The van der Waals surface area contributed by atoms with Gasteiger partial charge in [-0.25, -0.2) is 9.59 Å². The molecule has 390 valence electrons. The van der Waals surface area contributed by atoms with Gasteiger partial charge in [0.25, 0.3) is 11.7 Å². The molecule has 0 aromatic rings. The smallest absolute Gasteiger partial charge is 0.344 e. The van der Waals surface area contributed by atoms with E-state index in [0.717, 1.165) is 5.57 Å². The highest BCUT2D eigenvalue weighted by molar-refractivity contribution is 6.39. The number of ketones is 1. The van der Waals surface area contributed by atoms with Gasteiger partial charge in [-0.05, 0) is 107 Å². The van der Waals surface area contributed by atoms with Crippen molar-refractivity contribution in [2.75, 3.05) is 27.4 Å². The minimum atomic E-state index is -2.44. The van der Waals surface area contributed by atoms with E-state index in [9.17, 15) is 49.8 Å². The number of carboxylic acid groups (broad SMARTS) is 1. The molecule has 0 unspecified atom stereocenters. The number of cyclic esters (lactones) is 1. The maximum absolute atomic E-state index is 14.4. The number of nitrogens with zero attached hydrogens (tertiary/aromatic N) is 2. The molecule has 17 heteroatoms. The number of carboxylic acids is 1. The summed E-state index contributed by atoms with van der Waals surface area (Å²) in [5.41, 5.74) is 1.19. The van der Waals surface area contributed by atoms with Gasteiger partial charge in [0, 0.05) is 51.4 Å². The largest absolute Gasteiger partial charge is 0.479 e. The SMILES string of the molecule is CO[C@H]1C[C@@H]2CC[C@@H](C)[C@@](O)(O2)C(=O)C(=O)N2CCCC[C@H]2C(=O)O[C@H]([C@H](C)C[C@@H]2CC[C@@H](O)[C@H](OC)C2)C[C@@H](O)[C@H](C)/C=C(\C)[C@@H](O)[C@@H](O)/C(=N\OCC(=O)O)[C@H](C)C[C@H](C)/C=C/C=CC=C1C. The lowest BCUT2D eigenvalue weighted by molar-refractivity contribution is -0.265. The lowest BCUT2D eigenvalue weighted by Gasteiger charge is -2.42. The van der Waals surface area contributed by atoms with Crippen LogP contribution in [0, 0.1) is 35.5 Å². The highest BCUT2D eigenvalue weighted by Gasteiger charge is 2.53. The highest BCUT2D eigenvalue weighted by Crippen LogP contribution is 2.38. The lowest BCUT2D eigenvalue weighted by Crippen LogP contribution is -2.61. The number of esters is 1. The van der Waals surface area contributed by atoms with Crippen molar-refractivity contribution in [1.82, 2.24) is 4.90 Å². The Kier molecular flexibility index (Phi) is 22.7. The van der Waals surface area contributed by atoms with Crippen molar-refractivity contribution in [3.8, 4) is 0 Å². The standard InChI is InChI=1S/C52H82N2O15/c1-30-15-11-10-12-16-31(2)42(65-8)27-38-20-18-36(7)52(64,69-38)49(61)50(62)54-22-14-13-17-39(54)51(63)68-43(33(4)25-37-19-21-40(55)44(26-37)66-9)28-41(56)32(3)24-35(6)47(59)48(60)46(34(5)23-30)53-67-29-45(57)58/h10-12,15-16,24,30,32-34,36-44,47-48,55-56,59-60,64H,13-14,17-23,25-29H2,1-9H3,(H,57,58)/b12-10?,15-11+,31-16?,35-24+,53-46-/t30-,32-,33-,34-,36-,37+,38+,39+,40-,41-,42+,43+,44-,47-,48+,52-/m1/s1. The number of rotatable bonds is 8. The first kappa shape index (κ1) is 57.8. The van der Waals surface area contributed by atoms with Crippen LogP contribution in [0.15, 0.2) is 52.8 Å². The Hall–Kier alpha value is -3.81. The second-order valence-corrected chi connectivity index (χ2v) is 20.4. The maximum atomic E-state index is 14.4. The monoisotopic (exact) mass is 975 g/mol. The summed E-state index contributed by atoms with van der Waals surface area (Å²) >= 11 is 0. The van der Waals surface area contributed by atoms with Crippen molar-refractivity contribution in [2.45, 2.75) is 186 Å². The van der Waals surface area contributed by atoms with Gasteiger partial charge in [-0.1, -0.05) is 76.2 Å². The van der Waals surface area contributed by atoms with E-state index < -0.39 is 103 Å². The number of aliphatic hydroxyl groups is 5. The van der Waals surface area contributed by atoms with Crippen molar-refractivity contribution in [3.05, 3.63) is 47.6 Å². The van der Waals surface area contributed by atoms with Crippen LogP contribution in [0.4, 0.5) is 0 Å². The van der Waals surface area contributed by atoms with Crippen molar-refractivity contribution in [3.63, 3.8) is 0 Å². The Labute approximate surface area is 408 Å². The Balaban J connectivity index is 1.73. The zero-order valence-electron chi connectivity index (χ0n) is 42.3. The van der Waals surface area contributed by atoms with Crippen LogP contribution in [0.2, 0.25) is 0 Å². The molecule has 3 fully saturated rings. The van der Waals surface area contributed by atoms with E-state index in [1.165, 1.54) is 4.90 Å². The predicted molar refractivity (Wildman–Crippen MR) is 257 cm³/mol. The number of allylic oxidation sites excluding steroid dienone is 5. The Bertz CT molecular complexity index is 1870. The normalized spacial score (nSPS) is 39.1. The number of methoxy groups -OCH3 is 2. The van der Waals surface area contributed by atoms with Crippen molar-refractivity contribution in [2.24, 2.45) is 40.7 Å². The fraction of sp³-hybridized carbons (Fsp3) is 0.750. The molecule has 17 nitrogen and oxygen atoms in total. The number of oxime groups is 1. The number of amides is 1. The molecule has 0 aromatic heterocycles. The van der Waals surface area contributed by atoms with E-state index in [0.29, 0.717) is 69.8 Å². The van der Waals surface area contributed by atoms with Gasteiger partial charge in [0.05, 0.1) is 36.2 Å². The predicted octanol–water partition coefficient (Wildman–Crippen LogP) is 5.21. The minimum Gasteiger partial charge on any atom is -0.479 e. The minimum absolute atomic E-state index is 0.0455. The number of hydrogen-bond acceptors (Lipinski definition) is 15. The van der Waals surface area contributed by atoms with E-state index in [1.54, 1.807) is 48.0 Å². The van der Waals surface area contributed by atoms with E-state index in [1.807, 2.05) is 51.2 Å². The Morgan fingerprint density at radius 3 is 2.28 bits per heavy atom. The summed E-state index contributed by atoms with van der Waals surface area (Å²) < 4.78 is 23.9. The van der Waals surface area contributed by atoms with Crippen LogP contribution in [-0.4, -0.2) is 153 Å². The van der Waals surface area contributed by atoms with Crippen molar-refractivity contribution < 1.29 is 73.6 Å². The summed E-state index contributed by atoms with van der Waals surface area (Å²) in [6.07, 6.45) is 9.14. The summed E-state index contributed by atoms with van der Waals surface area (Å²) in [5, 5.41) is 70.6. The van der Waals surface area contributed by atoms with Crippen LogP contribution in [-0.2, 0) is 43.0 Å². The number of fused-ring (bicyclic) bond motifs is 3. The quantitative estimate of drug-likeness (QED) is 0.0791. The second kappa shape index (κ2) is 27.1. The summed E-state index contributed by atoms with van der Waals surface area (Å²) in [6, 6.07) is -1.15. The van der Waals surface area contributed by atoms with E-state index >= 15 is 0 Å². The second-order valence-electron chi connectivity index (χ2n) is 20.4. The van der Waals surface area contributed by atoms with Gasteiger partial charge >= 0.3 is 11.9 Å². The van der Waals surface area contributed by atoms with Gasteiger partial charge in [0.2, 0.25) is 12.4 Å². The fourth-order valence-corrected chi connectivity index (χ4v) is 10.4. The fourth-order valence-electron chi connectivity index (χ4n) is 10.4. The van der Waals surface area contributed by atoms with Crippen LogP contribution in [0.3, 0.4) is 0 Å². The summed E-state index contributed by atoms with van der Waals surface area (Å²) in [4.78, 5) is 60.5. The van der Waals surface area contributed by atoms with Crippen LogP contribution in [0.1, 0.15) is 126 Å². The van der Waals surface area contributed by atoms with Gasteiger partial charge in [0.1, 0.15) is 24.4 Å². The molecule has 3 aliphatic heterocycles. The molecule has 1 aliphatic carbocycles. The first-order chi connectivity index (χ1) is 32.6. The number of ether oxygens (including phenoxy) is 4. The number of carbonyl (C=O) groups is 4. The topological polar surface area (TPSA) is 251 Å². The van der Waals surface area contributed by atoms with E-state index in [4.69, 9.17) is 23.8 Å². The van der Waals surface area contributed by atoms with E-state index in [2.05, 4.69) is 5.16 Å². The molecule has 4 aliphatic rings. The van der Waals surface area contributed by atoms with Crippen LogP contribution in [0.5, 0.6) is 0 Å². The number of piperidine rings is 1. The van der Waals surface area contributed by atoms with Gasteiger partial charge in [0.15, 0.2) is 0 Å². The highest BCUT2D eigenvalue weighted by atomic mass is 16.6. The zero-order chi connectivity index (χ0) is 51.2.